The molecular formula is C30H31F2N3O5S. The predicted octanol–water partition coefficient (Wildman–Crippen LogP) is 4.41. The van der Waals surface area contributed by atoms with Gasteiger partial charge in [0.05, 0.1) is 18.4 Å². The van der Waals surface area contributed by atoms with E-state index in [1.165, 1.54) is 42.2 Å². The summed E-state index contributed by atoms with van der Waals surface area (Å²) in [6.07, 6.45) is 2.02. The van der Waals surface area contributed by atoms with E-state index in [1.54, 1.807) is 0 Å². The average Bonchev–Trinajstić information content (AvgIpc) is 3.49. The van der Waals surface area contributed by atoms with Crippen molar-refractivity contribution in [3.05, 3.63) is 119 Å². The number of benzene rings is 3. The number of rotatable bonds is 13. The summed E-state index contributed by atoms with van der Waals surface area (Å²) in [7, 11) is -3.93. The quantitative estimate of drug-likeness (QED) is 0.185. The van der Waals surface area contributed by atoms with Crippen LogP contribution in [0.3, 0.4) is 0 Å². The number of anilines is 1. The molecule has 0 aliphatic heterocycles. The van der Waals surface area contributed by atoms with Crippen LogP contribution in [-0.2, 0) is 29.4 Å². The molecule has 0 fully saturated rings. The van der Waals surface area contributed by atoms with Crippen LogP contribution in [0.1, 0.15) is 34.0 Å². The number of aryl methyl sites for hydroxylation is 1. The van der Waals surface area contributed by atoms with Crippen molar-refractivity contribution in [3.8, 4) is 0 Å². The lowest BCUT2D eigenvalue weighted by Crippen LogP contribution is -2.48. The average molecular weight is 584 g/mol. The topological polar surface area (TPSA) is 121 Å². The number of furan rings is 1. The second kappa shape index (κ2) is 13.5. The number of carbonyl (C=O) groups excluding carboxylic acids is 1. The third-order valence-corrected chi connectivity index (χ3v) is 7.78. The Labute approximate surface area is 237 Å². The zero-order chi connectivity index (χ0) is 29.4. The van der Waals surface area contributed by atoms with Crippen LogP contribution in [0.5, 0.6) is 0 Å². The van der Waals surface area contributed by atoms with Crippen molar-refractivity contribution in [1.82, 2.24) is 10.6 Å². The summed E-state index contributed by atoms with van der Waals surface area (Å²) < 4.78 is 60.0. The van der Waals surface area contributed by atoms with E-state index in [0.29, 0.717) is 6.54 Å². The zero-order valence-corrected chi connectivity index (χ0v) is 23.1. The van der Waals surface area contributed by atoms with Gasteiger partial charge in [-0.2, -0.15) is 0 Å². The summed E-state index contributed by atoms with van der Waals surface area (Å²) in [6.45, 7) is 2.62. The van der Waals surface area contributed by atoms with Crippen molar-refractivity contribution in [3.63, 3.8) is 0 Å². The number of amides is 1. The van der Waals surface area contributed by atoms with Gasteiger partial charge in [0.2, 0.25) is 0 Å². The van der Waals surface area contributed by atoms with Crippen LogP contribution in [0.25, 0.3) is 0 Å². The van der Waals surface area contributed by atoms with E-state index in [0.717, 1.165) is 36.4 Å². The minimum absolute atomic E-state index is 0.0542. The van der Waals surface area contributed by atoms with Crippen molar-refractivity contribution in [2.24, 2.45) is 0 Å². The number of hydrogen-bond donors (Lipinski definition) is 4. The molecule has 4 aromatic rings. The van der Waals surface area contributed by atoms with E-state index in [-0.39, 0.29) is 34.7 Å². The van der Waals surface area contributed by atoms with Gasteiger partial charge in [-0.25, -0.2) is 17.2 Å². The molecule has 2 unspecified atom stereocenters. The molecule has 1 heterocycles. The first-order valence-electron chi connectivity index (χ1n) is 13.0. The fourth-order valence-electron chi connectivity index (χ4n) is 4.33. The molecule has 0 spiro atoms. The third kappa shape index (κ3) is 8.46. The van der Waals surface area contributed by atoms with Crippen LogP contribution in [0.2, 0.25) is 0 Å². The highest BCUT2D eigenvalue weighted by Gasteiger charge is 2.24. The summed E-state index contributed by atoms with van der Waals surface area (Å²) in [4.78, 5) is 13.1. The van der Waals surface area contributed by atoms with Crippen LogP contribution in [0.4, 0.5) is 14.5 Å². The maximum Gasteiger partial charge on any atom is 0.265 e. The second-order valence-corrected chi connectivity index (χ2v) is 11.3. The Kier molecular flexibility index (Phi) is 9.87. The highest BCUT2D eigenvalue weighted by Crippen LogP contribution is 2.18. The Hall–Kier alpha value is -4.06. The number of nitrogens with one attached hydrogen (secondary N) is 3. The van der Waals surface area contributed by atoms with Gasteiger partial charge >= 0.3 is 0 Å². The molecule has 2 atom stereocenters. The largest absolute Gasteiger partial charge is 0.471 e. The summed E-state index contributed by atoms with van der Waals surface area (Å²) in [6, 6.07) is 17.2. The monoisotopic (exact) mass is 583 g/mol. The minimum Gasteiger partial charge on any atom is -0.471 e. The van der Waals surface area contributed by atoms with Crippen LogP contribution < -0.4 is 15.4 Å². The van der Waals surface area contributed by atoms with Gasteiger partial charge in [0.15, 0.2) is 0 Å². The first-order valence-corrected chi connectivity index (χ1v) is 14.5. The Morgan fingerprint density at radius 1 is 0.951 bits per heavy atom. The van der Waals surface area contributed by atoms with Gasteiger partial charge in [0.25, 0.3) is 15.9 Å². The number of aliphatic hydroxyl groups is 1. The van der Waals surface area contributed by atoms with E-state index in [9.17, 15) is 27.1 Å². The number of carbonyl (C=O) groups is 1. The van der Waals surface area contributed by atoms with Crippen molar-refractivity contribution in [1.29, 1.82) is 0 Å². The fraction of sp³-hybridized carbons (Fsp3) is 0.233. The lowest BCUT2D eigenvalue weighted by atomic mass is 10.00. The van der Waals surface area contributed by atoms with Crippen LogP contribution >= 0.6 is 0 Å². The Morgan fingerprint density at radius 3 is 2.39 bits per heavy atom. The standard InChI is InChI=1S/C30H31F2N3O5S/c1-2-20-5-3-6-21(11-20)17-33-18-29(36)28(14-22-12-24(31)16-25(32)13-22)34-30(37)23-7-4-8-26(15-23)35-41(38,39)27-9-10-40-19-27/h3-13,15-16,19,28-29,33,35-36H,2,14,17-18H2,1H3,(H,34,37). The van der Waals surface area contributed by atoms with E-state index in [1.807, 2.05) is 18.2 Å². The van der Waals surface area contributed by atoms with E-state index in [2.05, 4.69) is 28.3 Å². The lowest BCUT2D eigenvalue weighted by molar-refractivity contribution is 0.0830. The molecule has 0 aliphatic rings. The Morgan fingerprint density at radius 2 is 1.68 bits per heavy atom. The summed E-state index contributed by atoms with van der Waals surface area (Å²) in [5, 5.41) is 16.9. The zero-order valence-electron chi connectivity index (χ0n) is 22.3. The van der Waals surface area contributed by atoms with Crippen LogP contribution in [-0.4, -0.2) is 38.1 Å². The molecule has 3 aromatic carbocycles. The Bertz CT molecular complexity index is 1560. The van der Waals surface area contributed by atoms with Crippen LogP contribution in [0, 0.1) is 11.6 Å². The summed E-state index contributed by atoms with van der Waals surface area (Å²) in [5.74, 6) is -2.15. The fourth-order valence-corrected chi connectivity index (χ4v) is 5.30. The highest BCUT2D eigenvalue weighted by atomic mass is 32.2. The molecule has 0 radical (unpaired) electrons. The van der Waals surface area contributed by atoms with Crippen molar-refractivity contribution in [2.75, 3.05) is 11.3 Å². The van der Waals surface area contributed by atoms with E-state index < -0.39 is 39.7 Å². The van der Waals surface area contributed by atoms with Crippen molar-refractivity contribution in [2.45, 2.75) is 43.4 Å². The molecule has 11 heteroatoms. The molecule has 0 saturated carbocycles. The van der Waals surface area contributed by atoms with Crippen LogP contribution in [0.15, 0.2) is 94.6 Å². The van der Waals surface area contributed by atoms with Crippen molar-refractivity contribution >= 4 is 21.6 Å². The molecule has 41 heavy (non-hydrogen) atoms. The Balaban J connectivity index is 1.48. The van der Waals surface area contributed by atoms with E-state index >= 15 is 0 Å². The molecular weight excluding hydrogens is 552 g/mol. The normalized spacial score (nSPS) is 13.0. The first-order chi connectivity index (χ1) is 19.6. The number of sulfonamides is 1. The number of hydrogen-bond acceptors (Lipinski definition) is 6. The maximum atomic E-state index is 13.9. The van der Waals surface area contributed by atoms with Gasteiger partial charge in [0.1, 0.15) is 22.8 Å². The molecule has 8 nitrogen and oxygen atoms in total. The van der Waals surface area contributed by atoms with Gasteiger partial charge in [-0.3, -0.25) is 9.52 Å². The molecule has 1 amide bonds. The maximum absolute atomic E-state index is 13.9. The first kappa shape index (κ1) is 29.9. The predicted molar refractivity (Wildman–Crippen MR) is 151 cm³/mol. The second-order valence-electron chi connectivity index (χ2n) is 9.58. The molecule has 1 aromatic heterocycles. The summed E-state index contributed by atoms with van der Waals surface area (Å²) >= 11 is 0. The third-order valence-electron chi connectivity index (χ3n) is 6.42. The number of aliphatic hydroxyl groups excluding tert-OH is 1. The van der Waals surface area contributed by atoms with E-state index in [4.69, 9.17) is 4.42 Å². The SMILES string of the molecule is CCc1cccc(CNCC(O)C(Cc2cc(F)cc(F)c2)NC(=O)c2cccc(NS(=O)(=O)c3ccoc3)c2)c1. The molecule has 0 bridgehead atoms. The van der Waals surface area contributed by atoms with Crippen molar-refractivity contribution < 1.29 is 31.5 Å². The lowest BCUT2D eigenvalue weighted by Gasteiger charge is -2.25. The molecule has 216 valence electrons. The van der Waals surface area contributed by atoms with Gasteiger partial charge in [0, 0.05) is 30.4 Å². The molecule has 4 rings (SSSR count). The number of halogens is 2. The highest BCUT2D eigenvalue weighted by molar-refractivity contribution is 7.92. The summed E-state index contributed by atoms with van der Waals surface area (Å²) in [5.41, 5.74) is 2.71. The van der Waals surface area contributed by atoms with Gasteiger partial charge < -0.3 is 20.2 Å². The molecule has 0 saturated heterocycles. The van der Waals surface area contributed by atoms with Gasteiger partial charge in [-0.1, -0.05) is 37.3 Å². The molecule has 4 N–H and O–H groups in total. The minimum atomic E-state index is -3.93. The van der Waals surface area contributed by atoms with Gasteiger partial charge in [-0.15, -0.1) is 0 Å². The smallest absolute Gasteiger partial charge is 0.265 e. The van der Waals surface area contributed by atoms with Gasteiger partial charge in [-0.05, 0) is 65.9 Å². The molecule has 0 aliphatic carbocycles.